The van der Waals surface area contributed by atoms with Crippen molar-refractivity contribution in [2.75, 3.05) is 13.1 Å². The van der Waals surface area contributed by atoms with E-state index in [9.17, 15) is 8.42 Å². The number of nitrogens with one attached hydrogen (secondary N) is 2. The van der Waals surface area contributed by atoms with Crippen LogP contribution in [0, 0.1) is 11.8 Å². The van der Waals surface area contributed by atoms with E-state index in [1.165, 1.54) is 11.1 Å². The van der Waals surface area contributed by atoms with Crippen molar-refractivity contribution < 1.29 is 8.42 Å². The van der Waals surface area contributed by atoms with E-state index in [-0.39, 0.29) is 0 Å². The first-order valence-corrected chi connectivity index (χ1v) is 14.0. The lowest BCUT2D eigenvalue weighted by molar-refractivity contribution is 0.275. The molecule has 3 aliphatic rings. The van der Waals surface area contributed by atoms with Crippen molar-refractivity contribution >= 4 is 27.5 Å². The quantitative estimate of drug-likeness (QED) is 0.610. The Morgan fingerprint density at radius 3 is 2.42 bits per heavy atom. The van der Waals surface area contributed by atoms with Crippen molar-refractivity contribution in [1.29, 1.82) is 0 Å². The molecule has 0 saturated heterocycles. The van der Waals surface area contributed by atoms with Gasteiger partial charge >= 0.3 is 0 Å². The first kappa shape index (κ1) is 22.9. The number of hydrogen-bond acceptors (Lipinski definition) is 4. The minimum absolute atomic E-state index is 0.339. The standard InChI is InChI=1S/C26H32ClN3O2S/c27-21-11-12-23-20(14-21)10-13-25-24(23)15-26(30-25)28-16-18-6-8-19(9-7-18)17-29-33(31,32)22-4-2-1-3-5-22/h1-5,11-12,14,18-19,24-25,29H,6-10,13,15-17H2,(H,28,30)/t18?,19?,24-,25+/m1/s1. The van der Waals surface area contributed by atoms with Gasteiger partial charge in [-0.3, -0.25) is 4.99 Å². The van der Waals surface area contributed by atoms with Crippen LogP contribution in [0.2, 0.25) is 5.02 Å². The van der Waals surface area contributed by atoms with Gasteiger partial charge < -0.3 is 5.32 Å². The topological polar surface area (TPSA) is 70.6 Å². The molecule has 2 atom stereocenters. The van der Waals surface area contributed by atoms with Crippen molar-refractivity contribution in [2.24, 2.45) is 16.8 Å². The van der Waals surface area contributed by atoms with Crippen LogP contribution in [-0.2, 0) is 16.4 Å². The summed E-state index contributed by atoms with van der Waals surface area (Å²) < 4.78 is 27.7. The van der Waals surface area contributed by atoms with Gasteiger partial charge in [-0.1, -0.05) is 35.9 Å². The zero-order valence-electron chi connectivity index (χ0n) is 18.8. The van der Waals surface area contributed by atoms with Crippen molar-refractivity contribution in [3.05, 3.63) is 64.7 Å². The number of rotatable bonds is 6. The van der Waals surface area contributed by atoms with E-state index in [4.69, 9.17) is 16.6 Å². The molecule has 2 aliphatic carbocycles. The van der Waals surface area contributed by atoms with Crippen molar-refractivity contribution in [3.8, 4) is 0 Å². The maximum absolute atomic E-state index is 12.4. The monoisotopic (exact) mass is 485 g/mol. The Kier molecular flexibility index (Phi) is 6.77. The molecule has 1 aliphatic heterocycles. The largest absolute Gasteiger partial charge is 0.374 e. The van der Waals surface area contributed by atoms with Crippen LogP contribution in [0.4, 0.5) is 0 Å². The molecule has 0 radical (unpaired) electrons. The summed E-state index contributed by atoms with van der Waals surface area (Å²) in [6.45, 7) is 1.49. The number of aryl methyl sites for hydroxylation is 1. The Labute approximate surface area is 202 Å². The molecule has 33 heavy (non-hydrogen) atoms. The van der Waals surface area contributed by atoms with Gasteiger partial charge in [0.25, 0.3) is 0 Å². The highest BCUT2D eigenvalue weighted by molar-refractivity contribution is 7.89. The number of nitrogens with zero attached hydrogens (tertiary/aromatic N) is 1. The minimum Gasteiger partial charge on any atom is -0.374 e. The number of aliphatic imine (C=N–C) groups is 1. The number of halogens is 1. The van der Waals surface area contributed by atoms with Gasteiger partial charge in [-0.25, -0.2) is 13.1 Å². The van der Waals surface area contributed by atoms with E-state index < -0.39 is 10.0 Å². The van der Waals surface area contributed by atoms with E-state index >= 15 is 0 Å². The summed E-state index contributed by atoms with van der Waals surface area (Å²) in [6.07, 6.45) is 7.55. The fraction of sp³-hybridized carbons (Fsp3) is 0.500. The van der Waals surface area contributed by atoms with E-state index in [1.807, 2.05) is 12.1 Å². The highest BCUT2D eigenvalue weighted by Gasteiger charge is 2.35. The molecule has 2 aromatic carbocycles. The molecule has 176 valence electrons. The lowest BCUT2D eigenvalue weighted by atomic mass is 9.79. The van der Waals surface area contributed by atoms with Gasteiger partial charge in [0.1, 0.15) is 0 Å². The van der Waals surface area contributed by atoms with Gasteiger partial charge in [-0.05, 0) is 85.8 Å². The smallest absolute Gasteiger partial charge is 0.240 e. The van der Waals surface area contributed by atoms with E-state index in [0.717, 1.165) is 62.3 Å². The second-order valence-electron chi connectivity index (χ2n) is 9.77. The summed E-state index contributed by atoms with van der Waals surface area (Å²) in [7, 11) is -3.41. The number of sulfonamides is 1. The Bertz CT molecular complexity index is 1110. The van der Waals surface area contributed by atoms with Crippen LogP contribution < -0.4 is 10.0 Å². The number of hydrogen-bond donors (Lipinski definition) is 2. The average molecular weight is 486 g/mol. The molecule has 7 heteroatoms. The maximum atomic E-state index is 12.4. The lowest BCUT2D eigenvalue weighted by Gasteiger charge is -2.29. The van der Waals surface area contributed by atoms with Crippen LogP contribution in [0.5, 0.6) is 0 Å². The number of amidine groups is 1. The van der Waals surface area contributed by atoms with Crippen molar-refractivity contribution in [2.45, 2.75) is 61.8 Å². The summed E-state index contributed by atoms with van der Waals surface area (Å²) in [5.41, 5.74) is 2.82. The Morgan fingerprint density at radius 1 is 0.939 bits per heavy atom. The number of fused-ring (bicyclic) bond motifs is 3. The molecule has 5 nitrogen and oxygen atoms in total. The van der Waals surface area contributed by atoms with Crippen LogP contribution in [0.3, 0.4) is 0 Å². The third kappa shape index (κ3) is 5.28. The zero-order chi connectivity index (χ0) is 22.8. The van der Waals surface area contributed by atoms with E-state index in [2.05, 4.69) is 22.2 Å². The molecule has 1 saturated carbocycles. The summed E-state index contributed by atoms with van der Waals surface area (Å²) in [6, 6.07) is 15.3. The highest BCUT2D eigenvalue weighted by Crippen LogP contribution is 2.40. The van der Waals surface area contributed by atoms with Crippen molar-refractivity contribution in [3.63, 3.8) is 0 Å². The Morgan fingerprint density at radius 2 is 1.67 bits per heavy atom. The highest BCUT2D eigenvalue weighted by atomic mass is 35.5. The van der Waals surface area contributed by atoms with Gasteiger partial charge in [0.15, 0.2) is 0 Å². The summed E-state index contributed by atoms with van der Waals surface area (Å²) in [5.74, 6) is 2.69. The fourth-order valence-electron chi connectivity index (χ4n) is 5.66. The SMILES string of the molecule is O=S(=O)(NCC1CCC(CNC2=N[C@H]3CCc4cc(Cl)ccc4[C@H]3C2)CC1)c1ccccc1. The molecule has 0 unspecified atom stereocenters. The summed E-state index contributed by atoms with van der Waals surface area (Å²) in [4.78, 5) is 5.35. The Balaban J connectivity index is 1.07. The molecule has 0 amide bonds. The molecule has 2 aromatic rings. The molecule has 1 heterocycles. The second-order valence-corrected chi connectivity index (χ2v) is 12.0. The van der Waals surface area contributed by atoms with Gasteiger partial charge in [-0.15, -0.1) is 0 Å². The lowest BCUT2D eigenvalue weighted by Crippen LogP contribution is -2.34. The molecule has 5 rings (SSSR count). The average Bonchev–Trinajstić information content (AvgIpc) is 3.26. The zero-order valence-corrected chi connectivity index (χ0v) is 20.4. The molecule has 2 N–H and O–H groups in total. The third-order valence-electron chi connectivity index (χ3n) is 7.59. The maximum Gasteiger partial charge on any atom is 0.240 e. The molecule has 1 fully saturated rings. The van der Waals surface area contributed by atoms with Crippen LogP contribution in [-0.4, -0.2) is 33.4 Å². The molecule has 0 aromatic heterocycles. The first-order valence-electron chi connectivity index (χ1n) is 12.1. The van der Waals surface area contributed by atoms with Gasteiger partial charge in [0, 0.05) is 30.5 Å². The second kappa shape index (κ2) is 9.77. The molecule has 0 bridgehead atoms. The first-order chi connectivity index (χ1) is 16.0. The normalized spacial score (nSPS) is 26.9. The molecule has 0 spiro atoms. The van der Waals surface area contributed by atoms with Gasteiger partial charge in [-0.2, -0.15) is 0 Å². The van der Waals surface area contributed by atoms with Crippen LogP contribution in [0.25, 0.3) is 0 Å². The van der Waals surface area contributed by atoms with Crippen LogP contribution in [0.15, 0.2) is 58.4 Å². The van der Waals surface area contributed by atoms with Crippen LogP contribution in [0.1, 0.15) is 55.6 Å². The van der Waals surface area contributed by atoms with E-state index in [1.54, 1.807) is 24.3 Å². The number of benzene rings is 2. The van der Waals surface area contributed by atoms with Gasteiger partial charge in [0.2, 0.25) is 10.0 Å². The van der Waals surface area contributed by atoms with Crippen LogP contribution >= 0.6 is 11.6 Å². The van der Waals surface area contributed by atoms with Crippen molar-refractivity contribution in [1.82, 2.24) is 10.0 Å². The summed E-state index contributed by atoms with van der Waals surface area (Å²) >= 11 is 6.19. The van der Waals surface area contributed by atoms with E-state index in [0.29, 0.717) is 35.2 Å². The Hall–Kier alpha value is -1.89. The molecular weight excluding hydrogens is 454 g/mol. The predicted octanol–water partition coefficient (Wildman–Crippen LogP) is 4.92. The summed E-state index contributed by atoms with van der Waals surface area (Å²) in [5, 5.41) is 4.48. The van der Waals surface area contributed by atoms with Gasteiger partial charge in [0.05, 0.1) is 16.8 Å². The minimum atomic E-state index is -3.41. The third-order valence-corrected chi connectivity index (χ3v) is 9.26. The predicted molar refractivity (Wildman–Crippen MR) is 133 cm³/mol. The fourth-order valence-corrected chi connectivity index (χ4v) is 6.99. The molecular formula is C26H32ClN3O2S.